The van der Waals surface area contributed by atoms with Crippen molar-refractivity contribution in [2.24, 2.45) is 10.9 Å². The van der Waals surface area contributed by atoms with Crippen LogP contribution < -0.4 is 10.6 Å². The standard InChI is InChI=1S/C22H36FN3O2/c1-3-5-18(10-13-27)16-25-21(24-4-2)26-17-22(11-14-28-15-12-22)19-6-8-20(23)9-7-19/h6-9,18,27H,3-5,10-17H2,1-2H3,(H2,24,25,26). The number of benzene rings is 1. The van der Waals surface area contributed by atoms with Crippen molar-refractivity contribution in [2.45, 2.75) is 51.4 Å². The zero-order chi connectivity index (χ0) is 20.2. The molecule has 158 valence electrons. The predicted molar refractivity (Wildman–Crippen MR) is 112 cm³/mol. The highest BCUT2D eigenvalue weighted by molar-refractivity contribution is 5.79. The Labute approximate surface area is 168 Å². The van der Waals surface area contributed by atoms with Gasteiger partial charge in [0.25, 0.3) is 0 Å². The fourth-order valence-corrected chi connectivity index (χ4v) is 3.86. The van der Waals surface area contributed by atoms with Gasteiger partial charge >= 0.3 is 0 Å². The molecule has 6 heteroatoms. The summed E-state index contributed by atoms with van der Waals surface area (Å²) in [6, 6.07) is 6.83. The van der Waals surface area contributed by atoms with Gasteiger partial charge in [0.05, 0.1) is 6.54 Å². The monoisotopic (exact) mass is 393 g/mol. The molecule has 1 heterocycles. The van der Waals surface area contributed by atoms with Crippen LogP contribution in [0.15, 0.2) is 29.3 Å². The van der Waals surface area contributed by atoms with Crippen molar-refractivity contribution in [2.75, 3.05) is 39.5 Å². The summed E-state index contributed by atoms with van der Waals surface area (Å²) in [4.78, 5) is 4.88. The van der Waals surface area contributed by atoms with E-state index in [1.807, 2.05) is 12.1 Å². The first kappa shape index (κ1) is 22.6. The summed E-state index contributed by atoms with van der Waals surface area (Å²) in [6.45, 7) is 8.06. The smallest absolute Gasteiger partial charge is 0.191 e. The first-order valence-electron chi connectivity index (χ1n) is 10.6. The number of aliphatic hydroxyl groups is 1. The largest absolute Gasteiger partial charge is 0.396 e. The number of nitrogens with zero attached hydrogens (tertiary/aromatic N) is 1. The third kappa shape index (κ3) is 6.74. The Morgan fingerprint density at radius 3 is 2.50 bits per heavy atom. The fraction of sp³-hybridized carbons (Fsp3) is 0.682. The molecule has 5 nitrogen and oxygen atoms in total. The Kier molecular flexibility index (Phi) is 9.71. The van der Waals surface area contributed by atoms with Crippen molar-refractivity contribution in [1.82, 2.24) is 10.6 Å². The van der Waals surface area contributed by atoms with Crippen molar-refractivity contribution in [3.63, 3.8) is 0 Å². The lowest BCUT2D eigenvalue weighted by atomic mass is 9.74. The first-order chi connectivity index (χ1) is 13.6. The van der Waals surface area contributed by atoms with Gasteiger partial charge in [-0.2, -0.15) is 0 Å². The molecule has 0 amide bonds. The summed E-state index contributed by atoms with van der Waals surface area (Å²) in [5.74, 6) is 1.03. The topological polar surface area (TPSA) is 65.9 Å². The number of guanidine groups is 1. The highest BCUT2D eigenvalue weighted by atomic mass is 19.1. The maximum atomic E-state index is 13.4. The van der Waals surface area contributed by atoms with Crippen LogP contribution >= 0.6 is 0 Å². The molecule has 0 saturated carbocycles. The highest BCUT2D eigenvalue weighted by Gasteiger charge is 2.34. The van der Waals surface area contributed by atoms with Gasteiger partial charge in [-0.05, 0) is 56.2 Å². The molecule has 1 aliphatic heterocycles. The zero-order valence-corrected chi connectivity index (χ0v) is 17.3. The third-order valence-corrected chi connectivity index (χ3v) is 5.58. The maximum absolute atomic E-state index is 13.4. The van der Waals surface area contributed by atoms with E-state index in [1.54, 1.807) is 0 Å². The molecular weight excluding hydrogens is 357 g/mol. The lowest BCUT2D eigenvalue weighted by Crippen LogP contribution is -2.42. The predicted octanol–water partition coefficient (Wildman–Crippen LogP) is 3.23. The molecule has 1 saturated heterocycles. The summed E-state index contributed by atoms with van der Waals surface area (Å²) in [6.07, 6.45) is 4.75. The summed E-state index contributed by atoms with van der Waals surface area (Å²) >= 11 is 0. The van der Waals surface area contributed by atoms with Gasteiger partial charge in [-0.25, -0.2) is 4.39 Å². The van der Waals surface area contributed by atoms with Crippen LogP contribution in [0.1, 0.15) is 51.5 Å². The Morgan fingerprint density at radius 2 is 1.89 bits per heavy atom. The van der Waals surface area contributed by atoms with Crippen LogP contribution in [0.4, 0.5) is 4.39 Å². The zero-order valence-electron chi connectivity index (χ0n) is 17.3. The molecule has 0 bridgehead atoms. The van der Waals surface area contributed by atoms with Crippen LogP contribution in [0.5, 0.6) is 0 Å². The molecule has 1 aliphatic rings. The molecule has 1 aromatic rings. The van der Waals surface area contributed by atoms with E-state index in [-0.39, 0.29) is 17.8 Å². The van der Waals surface area contributed by atoms with Gasteiger partial charge in [0, 0.05) is 38.3 Å². The molecule has 1 aromatic carbocycles. The van der Waals surface area contributed by atoms with Crippen LogP contribution in [-0.4, -0.2) is 50.5 Å². The Bertz CT molecular complexity index is 580. The summed E-state index contributed by atoms with van der Waals surface area (Å²) in [5, 5.41) is 16.0. The van der Waals surface area contributed by atoms with E-state index in [9.17, 15) is 9.50 Å². The highest BCUT2D eigenvalue weighted by Crippen LogP contribution is 2.35. The van der Waals surface area contributed by atoms with E-state index < -0.39 is 0 Å². The van der Waals surface area contributed by atoms with Crippen LogP contribution in [0, 0.1) is 11.7 Å². The van der Waals surface area contributed by atoms with E-state index in [2.05, 4.69) is 24.5 Å². The molecule has 1 fully saturated rings. The average Bonchev–Trinajstić information content (AvgIpc) is 2.71. The second-order valence-electron chi connectivity index (χ2n) is 7.64. The Balaban J connectivity index is 2.11. The Morgan fingerprint density at radius 1 is 1.18 bits per heavy atom. The number of ether oxygens (including phenoxy) is 1. The maximum Gasteiger partial charge on any atom is 0.191 e. The van der Waals surface area contributed by atoms with Gasteiger partial charge in [0.2, 0.25) is 0 Å². The normalized spacial score (nSPS) is 17.9. The Hall–Kier alpha value is -1.66. The van der Waals surface area contributed by atoms with Crippen LogP contribution in [0.3, 0.4) is 0 Å². The third-order valence-electron chi connectivity index (χ3n) is 5.58. The number of aliphatic imine (C=N–C) groups is 1. The summed E-state index contributed by atoms with van der Waals surface area (Å²) in [7, 11) is 0. The number of rotatable bonds is 10. The molecule has 3 N–H and O–H groups in total. The summed E-state index contributed by atoms with van der Waals surface area (Å²) in [5.41, 5.74) is 1.00. The van der Waals surface area contributed by atoms with Gasteiger partial charge in [-0.3, -0.25) is 4.99 Å². The number of halogens is 1. The number of nitrogens with one attached hydrogen (secondary N) is 2. The molecule has 0 radical (unpaired) electrons. The second-order valence-corrected chi connectivity index (χ2v) is 7.64. The molecule has 1 unspecified atom stereocenters. The van der Waals surface area contributed by atoms with Crippen LogP contribution in [-0.2, 0) is 10.2 Å². The molecule has 0 aliphatic carbocycles. The van der Waals surface area contributed by atoms with Crippen molar-refractivity contribution >= 4 is 5.96 Å². The van der Waals surface area contributed by atoms with E-state index in [1.165, 1.54) is 12.1 Å². The van der Waals surface area contributed by atoms with Gasteiger partial charge < -0.3 is 20.5 Å². The van der Waals surface area contributed by atoms with E-state index >= 15 is 0 Å². The van der Waals surface area contributed by atoms with Crippen molar-refractivity contribution < 1.29 is 14.2 Å². The summed E-state index contributed by atoms with van der Waals surface area (Å²) < 4.78 is 19.0. The van der Waals surface area contributed by atoms with Crippen molar-refractivity contribution in [3.8, 4) is 0 Å². The fourth-order valence-electron chi connectivity index (χ4n) is 3.86. The average molecular weight is 394 g/mol. The first-order valence-corrected chi connectivity index (χ1v) is 10.6. The van der Waals surface area contributed by atoms with Crippen molar-refractivity contribution in [3.05, 3.63) is 35.6 Å². The molecule has 28 heavy (non-hydrogen) atoms. The van der Waals surface area contributed by atoms with Crippen LogP contribution in [0.25, 0.3) is 0 Å². The van der Waals surface area contributed by atoms with E-state index in [0.717, 1.165) is 56.7 Å². The van der Waals surface area contributed by atoms with Gasteiger partial charge in [-0.15, -0.1) is 0 Å². The second kappa shape index (κ2) is 12.0. The SMILES string of the molecule is CCCC(CCO)CNC(=NCC1(c2ccc(F)cc2)CCOCC1)NCC. The quantitative estimate of drug-likeness (QED) is 0.422. The minimum Gasteiger partial charge on any atom is -0.396 e. The molecule has 1 atom stereocenters. The number of hydrogen-bond acceptors (Lipinski definition) is 3. The molecule has 2 rings (SSSR count). The lowest BCUT2D eigenvalue weighted by Gasteiger charge is -2.36. The molecule has 0 aromatic heterocycles. The minimum atomic E-state index is -0.213. The van der Waals surface area contributed by atoms with Gasteiger partial charge in [0.1, 0.15) is 5.82 Å². The molecule has 0 spiro atoms. The van der Waals surface area contributed by atoms with Crippen LogP contribution in [0.2, 0.25) is 0 Å². The molecular formula is C22H36FN3O2. The number of aliphatic hydroxyl groups excluding tert-OH is 1. The minimum absolute atomic E-state index is 0.123. The van der Waals surface area contributed by atoms with E-state index in [0.29, 0.717) is 25.7 Å². The van der Waals surface area contributed by atoms with E-state index in [4.69, 9.17) is 9.73 Å². The number of hydrogen-bond donors (Lipinski definition) is 3. The lowest BCUT2D eigenvalue weighted by molar-refractivity contribution is 0.0531. The van der Waals surface area contributed by atoms with Crippen molar-refractivity contribution in [1.29, 1.82) is 0 Å². The van der Waals surface area contributed by atoms with Gasteiger partial charge in [0.15, 0.2) is 5.96 Å². The van der Waals surface area contributed by atoms with Gasteiger partial charge in [-0.1, -0.05) is 25.5 Å².